The second-order valence-electron chi connectivity index (χ2n) is 8.87. The normalized spacial score (nSPS) is 22.9. The molecule has 0 radical (unpaired) electrons. The molecule has 4 heterocycles. The number of hydrogen-bond donors (Lipinski definition) is 1. The average Bonchev–Trinajstić information content (AvgIpc) is 3.57. The lowest BCUT2D eigenvalue weighted by atomic mass is 10.1. The summed E-state index contributed by atoms with van der Waals surface area (Å²) in [5.41, 5.74) is 2.35. The van der Waals surface area contributed by atoms with Gasteiger partial charge in [-0.25, -0.2) is 24.9 Å². The maximum absolute atomic E-state index is 13.0. The molecule has 33 heavy (non-hydrogen) atoms. The number of ether oxygens (including phenoxy) is 1. The molecule has 0 aromatic carbocycles. The lowest BCUT2D eigenvalue weighted by Gasteiger charge is -2.20. The number of imidazole rings is 1. The summed E-state index contributed by atoms with van der Waals surface area (Å²) >= 11 is 0. The predicted octanol–water partition coefficient (Wildman–Crippen LogP) is 2.44. The Kier molecular flexibility index (Phi) is 5.92. The molecule has 1 amide bonds. The lowest BCUT2D eigenvalue weighted by Crippen LogP contribution is -2.34. The summed E-state index contributed by atoms with van der Waals surface area (Å²) < 4.78 is 7.47. The number of rotatable bonds is 6. The van der Waals surface area contributed by atoms with Gasteiger partial charge in [-0.2, -0.15) is 0 Å². The number of amides is 1. The molecule has 1 N–H and O–H groups in total. The van der Waals surface area contributed by atoms with E-state index in [4.69, 9.17) is 9.72 Å². The van der Waals surface area contributed by atoms with Crippen LogP contribution in [0.1, 0.15) is 38.4 Å². The van der Waals surface area contributed by atoms with Crippen LogP contribution in [0.25, 0.3) is 22.6 Å². The van der Waals surface area contributed by atoms with Gasteiger partial charge in [-0.1, -0.05) is 0 Å². The van der Waals surface area contributed by atoms with Crippen molar-refractivity contribution in [2.45, 2.75) is 58.2 Å². The minimum atomic E-state index is 0.0453. The van der Waals surface area contributed by atoms with Crippen molar-refractivity contribution < 1.29 is 9.53 Å². The molecule has 10 nitrogen and oxygen atoms in total. The van der Waals surface area contributed by atoms with Crippen LogP contribution in [0, 0.1) is 12.8 Å². The predicted molar refractivity (Wildman–Crippen MR) is 124 cm³/mol. The molecule has 174 valence electrons. The van der Waals surface area contributed by atoms with Crippen LogP contribution >= 0.6 is 0 Å². The Bertz CT molecular complexity index is 1150. The summed E-state index contributed by atoms with van der Waals surface area (Å²) in [5, 5.41) is 3.55. The molecule has 1 aliphatic heterocycles. The third-order valence-electron chi connectivity index (χ3n) is 6.80. The van der Waals surface area contributed by atoms with E-state index in [-0.39, 0.29) is 24.0 Å². The Morgan fingerprint density at radius 1 is 1.18 bits per heavy atom. The summed E-state index contributed by atoms with van der Waals surface area (Å²) in [7, 11) is 1.72. The van der Waals surface area contributed by atoms with E-state index in [9.17, 15) is 4.79 Å². The number of aromatic nitrogens is 6. The van der Waals surface area contributed by atoms with Crippen molar-refractivity contribution in [3.63, 3.8) is 0 Å². The number of hydrogen-bond acceptors (Lipinski definition) is 8. The van der Waals surface area contributed by atoms with E-state index >= 15 is 0 Å². The molecule has 3 atom stereocenters. The van der Waals surface area contributed by atoms with Crippen molar-refractivity contribution in [3.8, 4) is 11.4 Å². The maximum Gasteiger partial charge on any atom is 0.225 e. The summed E-state index contributed by atoms with van der Waals surface area (Å²) in [4.78, 5) is 37.4. The van der Waals surface area contributed by atoms with Crippen LogP contribution in [0.15, 0.2) is 18.7 Å². The number of methoxy groups -OCH3 is 1. The monoisotopic (exact) mass is 450 g/mol. The fraction of sp³-hybridized carbons (Fsp3) is 0.565. The van der Waals surface area contributed by atoms with Gasteiger partial charge < -0.3 is 19.5 Å². The van der Waals surface area contributed by atoms with Gasteiger partial charge in [0, 0.05) is 51.1 Å². The molecule has 10 heteroatoms. The first-order chi connectivity index (χ1) is 16.1. The molecule has 1 saturated carbocycles. The standard InChI is InChI=1S/C23H30N8O2/c1-4-31-21(16-10-24-14(2)25-11-16)29-19-20(26-13-27-22(19)31)28-17-6-5-15(9-17)23(32)30-8-7-18(12-30)33-3/h10-11,13,15,17-18H,4-9,12H2,1-3H3,(H,26,27,28)/t15?,17-,18-/m0/s1. The van der Waals surface area contributed by atoms with Gasteiger partial charge in [-0.3, -0.25) is 4.79 Å². The molecule has 1 aliphatic carbocycles. The van der Waals surface area contributed by atoms with Gasteiger partial charge in [-0.15, -0.1) is 0 Å². The molecular formula is C23H30N8O2. The van der Waals surface area contributed by atoms with Crippen molar-refractivity contribution in [3.05, 3.63) is 24.5 Å². The van der Waals surface area contributed by atoms with E-state index in [1.165, 1.54) is 0 Å². The van der Waals surface area contributed by atoms with Gasteiger partial charge in [0.25, 0.3) is 0 Å². The largest absolute Gasteiger partial charge is 0.380 e. The van der Waals surface area contributed by atoms with E-state index in [0.29, 0.717) is 18.9 Å². The van der Waals surface area contributed by atoms with Crippen LogP contribution in [0.4, 0.5) is 5.82 Å². The first-order valence-corrected chi connectivity index (χ1v) is 11.7. The highest BCUT2D eigenvalue weighted by molar-refractivity contribution is 5.86. The van der Waals surface area contributed by atoms with Gasteiger partial charge in [0.15, 0.2) is 17.0 Å². The van der Waals surface area contributed by atoms with Crippen molar-refractivity contribution in [1.29, 1.82) is 0 Å². The van der Waals surface area contributed by atoms with Crippen LogP contribution in [-0.4, -0.2) is 72.6 Å². The Balaban J connectivity index is 1.34. The number of fused-ring (bicyclic) bond motifs is 1. The number of aryl methyl sites for hydroxylation is 2. The van der Waals surface area contributed by atoms with Gasteiger partial charge in [0.05, 0.1) is 11.7 Å². The van der Waals surface area contributed by atoms with Gasteiger partial charge >= 0.3 is 0 Å². The maximum atomic E-state index is 13.0. The number of nitrogens with zero attached hydrogens (tertiary/aromatic N) is 7. The van der Waals surface area contributed by atoms with Crippen molar-refractivity contribution in [2.75, 3.05) is 25.5 Å². The van der Waals surface area contributed by atoms with Crippen LogP contribution in [-0.2, 0) is 16.1 Å². The molecule has 1 unspecified atom stereocenters. The molecule has 2 aliphatic rings. The van der Waals surface area contributed by atoms with Crippen molar-refractivity contribution >= 4 is 22.9 Å². The molecule has 1 saturated heterocycles. The molecule has 0 bridgehead atoms. The van der Waals surface area contributed by atoms with E-state index in [1.54, 1.807) is 25.8 Å². The third-order valence-corrected chi connectivity index (χ3v) is 6.80. The summed E-state index contributed by atoms with van der Waals surface area (Å²) in [6, 6.07) is 0.177. The van der Waals surface area contributed by atoms with Gasteiger partial charge in [-0.05, 0) is 39.5 Å². The second kappa shape index (κ2) is 9.01. The zero-order chi connectivity index (χ0) is 22.9. The Morgan fingerprint density at radius 2 is 2.00 bits per heavy atom. The fourth-order valence-corrected chi connectivity index (χ4v) is 4.98. The number of carbonyl (C=O) groups is 1. The Labute approximate surface area is 192 Å². The quantitative estimate of drug-likeness (QED) is 0.610. The number of carbonyl (C=O) groups excluding carboxylic acids is 1. The van der Waals surface area contributed by atoms with Crippen LogP contribution < -0.4 is 5.32 Å². The molecule has 2 fully saturated rings. The van der Waals surface area contributed by atoms with Crippen LogP contribution in [0.5, 0.6) is 0 Å². The molecule has 3 aromatic heterocycles. The Hall–Kier alpha value is -3.14. The fourth-order valence-electron chi connectivity index (χ4n) is 4.98. The van der Waals surface area contributed by atoms with Gasteiger partial charge in [0.1, 0.15) is 18.0 Å². The molecule has 5 rings (SSSR count). The third kappa shape index (κ3) is 4.15. The van der Waals surface area contributed by atoms with E-state index in [0.717, 1.165) is 60.6 Å². The van der Waals surface area contributed by atoms with E-state index in [2.05, 4.69) is 36.7 Å². The second-order valence-corrected chi connectivity index (χ2v) is 8.87. The molecule has 0 spiro atoms. The highest BCUT2D eigenvalue weighted by Crippen LogP contribution is 2.32. The zero-order valence-electron chi connectivity index (χ0n) is 19.4. The summed E-state index contributed by atoms with van der Waals surface area (Å²) in [6.45, 7) is 6.14. The lowest BCUT2D eigenvalue weighted by molar-refractivity contribution is -0.134. The summed E-state index contributed by atoms with van der Waals surface area (Å²) in [5.74, 6) is 2.50. The SMILES string of the molecule is CCn1c(-c2cnc(C)nc2)nc2c(N[C@H]3CCC(C(=O)N4CC[C@H](OC)C4)C3)ncnc21. The molecular weight excluding hydrogens is 420 g/mol. The number of nitrogens with one attached hydrogen (secondary N) is 1. The Morgan fingerprint density at radius 3 is 2.73 bits per heavy atom. The minimum Gasteiger partial charge on any atom is -0.380 e. The number of anilines is 1. The van der Waals surface area contributed by atoms with E-state index in [1.807, 2.05) is 11.8 Å². The van der Waals surface area contributed by atoms with Crippen molar-refractivity contribution in [2.24, 2.45) is 5.92 Å². The average molecular weight is 451 g/mol. The highest BCUT2D eigenvalue weighted by atomic mass is 16.5. The zero-order valence-corrected chi connectivity index (χ0v) is 19.4. The highest BCUT2D eigenvalue weighted by Gasteiger charge is 2.36. The first-order valence-electron chi connectivity index (χ1n) is 11.7. The first kappa shape index (κ1) is 21.7. The van der Waals surface area contributed by atoms with Crippen molar-refractivity contribution in [1.82, 2.24) is 34.4 Å². The summed E-state index contributed by atoms with van der Waals surface area (Å²) in [6.07, 6.45) is 8.84. The topological polar surface area (TPSA) is 111 Å². The number of likely N-dealkylation sites (tertiary alicyclic amines) is 1. The molecule has 3 aromatic rings. The van der Waals surface area contributed by atoms with Gasteiger partial charge in [0.2, 0.25) is 5.91 Å². The van der Waals surface area contributed by atoms with Crippen LogP contribution in [0.3, 0.4) is 0 Å². The van der Waals surface area contributed by atoms with Crippen LogP contribution in [0.2, 0.25) is 0 Å². The smallest absolute Gasteiger partial charge is 0.225 e. The van der Waals surface area contributed by atoms with E-state index < -0.39 is 0 Å². The minimum absolute atomic E-state index is 0.0453.